The Bertz CT molecular complexity index is 507. The Morgan fingerprint density at radius 1 is 1.24 bits per heavy atom. The van der Waals surface area contributed by atoms with E-state index in [9.17, 15) is 4.79 Å². The van der Waals surface area contributed by atoms with Gasteiger partial charge in [-0.05, 0) is 17.7 Å². The topological polar surface area (TPSA) is 40.5 Å². The maximum absolute atomic E-state index is 10.8. The van der Waals surface area contributed by atoms with Gasteiger partial charge in [-0.25, -0.2) is 4.79 Å². The minimum absolute atomic E-state index is 0.375. The summed E-state index contributed by atoms with van der Waals surface area (Å²) in [5, 5.41) is 9.83. The summed E-state index contributed by atoms with van der Waals surface area (Å²) >= 11 is 1.29. The summed E-state index contributed by atoms with van der Waals surface area (Å²) in [6, 6.07) is 13.6. The van der Waals surface area contributed by atoms with Gasteiger partial charge < -0.3 is 10.0 Å². The number of rotatable bonds is 4. The van der Waals surface area contributed by atoms with Crippen LogP contribution >= 0.6 is 11.3 Å². The van der Waals surface area contributed by atoms with Gasteiger partial charge in [-0.1, -0.05) is 30.3 Å². The maximum atomic E-state index is 10.8. The van der Waals surface area contributed by atoms with Crippen LogP contribution in [0, 0.1) is 0 Å². The molecule has 2 aromatic rings. The molecule has 0 fully saturated rings. The first-order valence-electron chi connectivity index (χ1n) is 5.25. The number of thiophene rings is 1. The highest BCUT2D eigenvalue weighted by molar-refractivity contribution is 7.17. The predicted octanol–water partition coefficient (Wildman–Crippen LogP) is 3.08. The Labute approximate surface area is 104 Å². The molecule has 0 atom stereocenters. The molecule has 17 heavy (non-hydrogen) atoms. The van der Waals surface area contributed by atoms with Crippen molar-refractivity contribution in [2.75, 3.05) is 11.9 Å². The Kier molecular flexibility index (Phi) is 3.44. The van der Waals surface area contributed by atoms with E-state index in [4.69, 9.17) is 5.11 Å². The number of carboxylic acid groups (broad SMARTS) is 1. The predicted molar refractivity (Wildman–Crippen MR) is 69.8 cm³/mol. The van der Waals surface area contributed by atoms with Gasteiger partial charge in [-0.15, -0.1) is 11.3 Å². The summed E-state index contributed by atoms with van der Waals surface area (Å²) < 4.78 is 0. The molecule has 0 amide bonds. The standard InChI is InChI=1S/C13H13NO2S/c1-14(9-10-5-3-2-4-6-10)12-8-7-11(17-12)13(15)16/h2-8H,9H2,1H3,(H,15,16). The fourth-order valence-corrected chi connectivity index (χ4v) is 2.39. The summed E-state index contributed by atoms with van der Waals surface area (Å²) in [7, 11) is 1.96. The Morgan fingerprint density at radius 2 is 1.94 bits per heavy atom. The van der Waals surface area contributed by atoms with E-state index in [1.807, 2.05) is 36.2 Å². The number of anilines is 1. The van der Waals surface area contributed by atoms with Gasteiger partial charge >= 0.3 is 5.97 Å². The van der Waals surface area contributed by atoms with Crippen LogP contribution in [0.2, 0.25) is 0 Å². The highest BCUT2D eigenvalue weighted by Crippen LogP contribution is 2.26. The van der Waals surface area contributed by atoms with Gasteiger partial charge in [0.2, 0.25) is 0 Å². The minimum atomic E-state index is -0.866. The number of carboxylic acids is 1. The molecule has 1 aromatic carbocycles. The molecule has 0 aliphatic heterocycles. The first-order valence-corrected chi connectivity index (χ1v) is 6.06. The van der Waals surface area contributed by atoms with Gasteiger partial charge in [-0.2, -0.15) is 0 Å². The number of aromatic carboxylic acids is 1. The average molecular weight is 247 g/mol. The largest absolute Gasteiger partial charge is 0.477 e. The van der Waals surface area contributed by atoms with Crippen LogP contribution in [0.4, 0.5) is 5.00 Å². The first-order chi connectivity index (χ1) is 8.16. The van der Waals surface area contributed by atoms with E-state index in [-0.39, 0.29) is 0 Å². The van der Waals surface area contributed by atoms with Crippen LogP contribution in [-0.2, 0) is 6.54 Å². The van der Waals surface area contributed by atoms with Crippen molar-refractivity contribution in [3.8, 4) is 0 Å². The summed E-state index contributed by atoms with van der Waals surface area (Å²) in [6.45, 7) is 0.778. The minimum Gasteiger partial charge on any atom is -0.477 e. The van der Waals surface area contributed by atoms with Gasteiger partial charge in [0.05, 0.1) is 5.00 Å². The molecular weight excluding hydrogens is 234 g/mol. The molecule has 0 saturated carbocycles. The molecule has 0 unspecified atom stereocenters. The molecule has 1 N–H and O–H groups in total. The van der Waals surface area contributed by atoms with Crippen molar-refractivity contribution < 1.29 is 9.90 Å². The van der Waals surface area contributed by atoms with Gasteiger partial charge in [-0.3, -0.25) is 0 Å². The van der Waals surface area contributed by atoms with Gasteiger partial charge in [0.15, 0.2) is 0 Å². The van der Waals surface area contributed by atoms with Gasteiger partial charge in [0, 0.05) is 13.6 Å². The lowest BCUT2D eigenvalue weighted by Crippen LogP contribution is -2.14. The lowest BCUT2D eigenvalue weighted by Gasteiger charge is -2.16. The van der Waals surface area contributed by atoms with Crippen molar-refractivity contribution in [2.24, 2.45) is 0 Å². The van der Waals surface area contributed by atoms with Crippen molar-refractivity contribution >= 4 is 22.3 Å². The molecule has 1 aromatic heterocycles. The van der Waals surface area contributed by atoms with Crippen LogP contribution in [0.3, 0.4) is 0 Å². The zero-order valence-electron chi connectivity index (χ0n) is 9.46. The number of nitrogens with zero attached hydrogens (tertiary/aromatic N) is 1. The lowest BCUT2D eigenvalue weighted by atomic mass is 10.2. The third kappa shape index (κ3) is 2.85. The number of benzene rings is 1. The summed E-state index contributed by atoms with van der Waals surface area (Å²) in [5.74, 6) is -0.866. The molecule has 0 saturated heterocycles. The van der Waals surface area contributed by atoms with Gasteiger partial charge in [0.25, 0.3) is 0 Å². The summed E-state index contributed by atoms with van der Waals surface area (Å²) in [4.78, 5) is 13.2. The van der Waals surface area contributed by atoms with E-state index in [2.05, 4.69) is 12.1 Å². The molecule has 0 radical (unpaired) electrons. The van der Waals surface area contributed by atoms with Crippen molar-refractivity contribution in [1.29, 1.82) is 0 Å². The van der Waals surface area contributed by atoms with E-state index >= 15 is 0 Å². The van der Waals surface area contributed by atoms with Crippen LogP contribution in [0.5, 0.6) is 0 Å². The van der Waals surface area contributed by atoms with Crippen LogP contribution in [0.25, 0.3) is 0 Å². The second-order valence-corrected chi connectivity index (χ2v) is 4.85. The zero-order chi connectivity index (χ0) is 12.3. The van der Waals surface area contributed by atoms with E-state index in [1.54, 1.807) is 6.07 Å². The first kappa shape index (κ1) is 11.7. The quantitative estimate of drug-likeness (QED) is 0.902. The third-order valence-electron chi connectivity index (χ3n) is 2.44. The number of hydrogen-bond acceptors (Lipinski definition) is 3. The fourth-order valence-electron chi connectivity index (χ4n) is 1.58. The maximum Gasteiger partial charge on any atom is 0.345 e. The fraction of sp³-hybridized carbons (Fsp3) is 0.154. The van der Waals surface area contributed by atoms with Crippen molar-refractivity contribution in [1.82, 2.24) is 0 Å². The van der Waals surface area contributed by atoms with E-state index in [1.165, 1.54) is 16.9 Å². The van der Waals surface area contributed by atoms with E-state index in [0.717, 1.165) is 11.5 Å². The molecule has 4 heteroatoms. The van der Waals surface area contributed by atoms with Crippen molar-refractivity contribution in [3.63, 3.8) is 0 Å². The molecule has 88 valence electrons. The van der Waals surface area contributed by atoms with E-state index in [0.29, 0.717) is 4.88 Å². The smallest absolute Gasteiger partial charge is 0.345 e. The van der Waals surface area contributed by atoms with Crippen LogP contribution in [-0.4, -0.2) is 18.1 Å². The SMILES string of the molecule is CN(Cc1ccccc1)c1ccc(C(=O)O)s1. The van der Waals surface area contributed by atoms with Crippen molar-refractivity contribution in [3.05, 3.63) is 52.9 Å². The lowest BCUT2D eigenvalue weighted by molar-refractivity contribution is 0.0702. The monoisotopic (exact) mass is 247 g/mol. The summed E-state index contributed by atoms with van der Waals surface area (Å²) in [6.07, 6.45) is 0. The molecule has 2 rings (SSSR count). The van der Waals surface area contributed by atoms with Crippen LogP contribution in [0.15, 0.2) is 42.5 Å². The molecule has 0 aliphatic rings. The molecule has 0 aliphatic carbocycles. The highest BCUT2D eigenvalue weighted by Gasteiger charge is 2.09. The second-order valence-electron chi connectivity index (χ2n) is 3.78. The second kappa shape index (κ2) is 5.01. The average Bonchev–Trinajstić information content (AvgIpc) is 2.79. The normalized spacial score (nSPS) is 10.2. The number of carbonyl (C=O) groups is 1. The molecule has 1 heterocycles. The third-order valence-corrected chi connectivity index (χ3v) is 3.63. The number of hydrogen-bond donors (Lipinski definition) is 1. The Hall–Kier alpha value is -1.81. The highest BCUT2D eigenvalue weighted by atomic mass is 32.1. The zero-order valence-corrected chi connectivity index (χ0v) is 10.3. The summed E-state index contributed by atoms with van der Waals surface area (Å²) in [5.41, 5.74) is 1.21. The Morgan fingerprint density at radius 3 is 2.53 bits per heavy atom. The Balaban J connectivity index is 2.09. The molecular formula is C13H13NO2S. The molecule has 0 spiro atoms. The van der Waals surface area contributed by atoms with Crippen LogP contribution < -0.4 is 4.90 Å². The van der Waals surface area contributed by atoms with Crippen LogP contribution in [0.1, 0.15) is 15.2 Å². The van der Waals surface area contributed by atoms with Gasteiger partial charge in [0.1, 0.15) is 4.88 Å². The van der Waals surface area contributed by atoms with Crippen molar-refractivity contribution in [2.45, 2.75) is 6.54 Å². The van der Waals surface area contributed by atoms with E-state index < -0.39 is 5.97 Å². The molecule has 3 nitrogen and oxygen atoms in total. The molecule has 0 bridgehead atoms.